The van der Waals surface area contributed by atoms with Gasteiger partial charge in [0, 0.05) is 24.3 Å². The predicted molar refractivity (Wildman–Crippen MR) is 82.1 cm³/mol. The molecule has 1 saturated heterocycles. The zero-order valence-corrected chi connectivity index (χ0v) is 12.1. The Hall–Kier alpha value is -2.56. The summed E-state index contributed by atoms with van der Waals surface area (Å²) in [4.78, 5) is 23.9. The Morgan fingerprint density at radius 3 is 2.64 bits per heavy atom. The van der Waals surface area contributed by atoms with E-state index in [2.05, 4.69) is 4.90 Å². The van der Waals surface area contributed by atoms with Crippen LogP contribution in [0.5, 0.6) is 0 Å². The summed E-state index contributed by atoms with van der Waals surface area (Å²) in [5, 5.41) is 9.15. The van der Waals surface area contributed by atoms with E-state index in [-0.39, 0.29) is 5.92 Å². The molecule has 1 aromatic carbocycles. The first-order valence-electron chi connectivity index (χ1n) is 7.30. The van der Waals surface area contributed by atoms with E-state index < -0.39 is 5.97 Å². The topological polar surface area (TPSA) is 70.8 Å². The Bertz CT molecular complexity index is 674. The quantitative estimate of drug-likeness (QED) is 0.879. The van der Waals surface area contributed by atoms with Crippen molar-refractivity contribution in [2.75, 3.05) is 18.0 Å². The molecule has 0 saturated carbocycles. The average molecular weight is 299 g/mol. The number of piperidine rings is 1. The number of aldehydes is 1. The highest BCUT2D eigenvalue weighted by atomic mass is 16.4. The normalized spacial score (nSPS) is 18.2. The second kappa shape index (κ2) is 6.05. The minimum atomic E-state index is -0.724. The van der Waals surface area contributed by atoms with Crippen molar-refractivity contribution in [1.29, 1.82) is 0 Å². The molecule has 0 amide bonds. The fourth-order valence-corrected chi connectivity index (χ4v) is 2.82. The van der Waals surface area contributed by atoms with Gasteiger partial charge in [0.25, 0.3) is 0 Å². The maximum Gasteiger partial charge on any atom is 0.308 e. The van der Waals surface area contributed by atoms with Gasteiger partial charge in [0.2, 0.25) is 0 Å². The summed E-state index contributed by atoms with van der Waals surface area (Å²) in [7, 11) is 0. The molecule has 1 N–H and O–H groups in total. The summed E-state index contributed by atoms with van der Waals surface area (Å²) in [6.07, 6.45) is 2.31. The van der Waals surface area contributed by atoms with E-state index in [0.717, 1.165) is 30.6 Å². The van der Waals surface area contributed by atoms with Crippen molar-refractivity contribution in [3.63, 3.8) is 0 Å². The third-order valence-corrected chi connectivity index (χ3v) is 4.03. The van der Waals surface area contributed by atoms with Crippen molar-refractivity contribution in [1.82, 2.24) is 0 Å². The number of benzene rings is 1. The molecule has 0 radical (unpaired) electrons. The van der Waals surface area contributed by atoms with Crippen LogP contribution in [-0.2, 0) is 4.79 Å². The second-order valence-electron chi connectivity index (χ2n) is 5.49. The van der Waals surface area contributed by atoms with Gasteiger partial charge in [-0.1, -0.05) is 0 Å². The van der Waals surface area contributed by atoms with E-state index >= 15 is 0 Å². The third-order valence-electron chi connectivity index (χ3n) is 4.03. The average Bonchev–Trinajstić information content (AvgIpc) is 3.04. The van der Waals surface area contributed by atoms with Crippen molar-refractivity contribution in [2.24, 2.45) is 5.92 Å². The van der Waals surface area contributed by atoms with Gasteiger partial charge in [-0.15, -0.1) is 0 Å². The number of nitrogens with zero attached hydrogens (tertiary/aromatic N) is 1. The molecule has 2 heterocycles. The summed E-state index contributed by atoms with van der Waals surface area (Å²) in [6, 6.07) is 11.2. The highest BCUT2D eigenvalue weighted by molar-refractivity contribution is 5.73. The fourth-order valence-electron chi connectivity index (χ4n) is 2.82. The van der Waals surface area contributed by atoms with Crippen LogP contribution in [0.1, 0.15) is 23.4 Å². The molecule has 0 spiro atoms. The van der Waals surface area contributed by atoms with Crippen LogP contribution in [-0.4, -0.2) is 30.5 Å². The smallest absolute Gasteiger partial charge is 0.308 e. The molecule has 2 aromatic rings. The Morgan fingerprint density at radius 1 is 1.23 bits per heavy atom. The number of rotatable bonds is 4. The zero-order chi connectivity index (χ0) is 15.5. The first-order valence-corrected chi connectivity index (χ1v) is 7.30. The molecule has 1 aliphatic rings. The van der Waals surface area contributed by atoms with Crippen molar-refractivity contribution in [3.05, 3.63) is 42.2 Å². The van der Waals surface area contributed by atoms with Gasteiger partial charge in [0.05, 0.1) is 5.92 Å². The first-order chi connectivity index (χ1) is 10.7. The lowest BCUT2D eigenvalue weighted by Gasteiger charge is -2.32. The molecule has 1 aromatic heterocycles. The molecule has 3 rings (SSSR count). The molecule has 5 heteroatoms. The van der Waals surface area contributed by atoms with E-state index in [9.17, 15) is 9.59 Å². The monoisotopic (exact) mass is 299 g/mol. The van der Waals surface area contributed by atoms with Gasteiger partial charge in [-0.05, 0) is 49.2 Å². The van der Waals surface area contributed by atoms with Gasteiger partial charge >= 0.3 is 5.97 Å². The van der Waals surface area contributed by atoms with Gasteiger partial charge < -0.3 is 14.4 Å². The van der Waals surface area contributed by atoms with Crippen molar-refractivity contribution < 1.29 is 19.1 Å². The molecule has 1 aliphatic heterocycles. The molecular formula is C17H17NO4. The SMILES string of the molecule is O=Cc1ccc(-c2ccc(N3CCCC(C(=O)O)C3)cc2)o1. The number of aliphatic carboxylic acids is 1. The van der Waals surface area contributed by atoms with Gasteiger partial charge in [-0.25, -0.2) is 0 Å². The van der Waals surface area contributed by atoms with Crippen LogP contribution >= 0.6 is 0 Å². The number of carboxylic acids is 1. The van der Waals surface area contributed by atoms with E-state index in [4.69, 9.17) is 9.52 Å². The van der Waals surface area contributed by atoms with E-state index in [1.807, 2.05) is 24.3 Å². The summed E-state index contributed by atoms with van der Waals surface area (Å²) in [5.74, 6) is -0.0675. The zero-order valence-electron chi connectivity index (χ0n) is 12.1. The molecule has 0 aliphatic carbocycles. The first kappa shape index (κ1) is 14.4. The molecule has 1 atom stereocenters. The van der Waals surface area contributed by atoms with E-state index in [1.54, 1.807) is 12.1 Å². The maximum absolute atomic E-state index is 11.1. The van der Waals surface area contributed by atoms with Crippen LogP contribution in [0.3, 0.4) is 0 Å². The summed E-state index contributed by atoms with van der Waals surface area (Å²) in [5.41, 5.74) is 1.90. The molecule has 1 unspecified atom stereocenters. The molecule has 1 fully saturated rings. The van der Waals surface area contributed by atoms with Crippen LogP contribution < -0.4 is 4.90 Å². The van der Waals surface area contributed by atoms with Crippen molar-refractivity contribution in [2.45, 2.75) is 12.8 Å². The number of carboxylic acid groups (broad SMARTS) is 1. The minimum Gasteiger partial charge on any atom is -0.481 e. The number of anilines is 1. The van der Waals surface area contributed by atoms with Crippen molar-refractivity contribution in [3.8, 4) is 11.3 Å². The molecular weight excluding hydrogens is 282 g/mol. The van der Waals surface area contributed by atoms with Crippen LogP contribution in [0.15, 0.2) is 40.8 Å². The molecule has 22 heavy (non-hydrogen) atoms. The summed E-state index contributed by atoms with van der Waals surface area (Å²) >= 11 is 0. The van der Waals surface area contributed by atoms with Gasteiger partial charge in [0.15, 0.2) is 12.0 Å². The highest BCUT2D eigenvalue weighted by Crippen LogP contribution is 2.27. The van der Waals surface area contributed by atoms with Crippen molar-refractivity contribution >= 4 is 17.9 Å². The lowest BCUT2D eigenvalue weighted by molar-refractivity contribution is -0.141. The van der Waals surface area contributed by atoms with E-state index in [0.29, 0.717) is 24.4 Å². The number of carbonyl (C=O) groups excluding carboxylic acids is 1. The Balaban J connectivity index is 1.76. The Morgan fingerprint density at radius 2 is 2.00 bits per heavy atom. The maximum atomic E-state index is 11.1. The van der Waals surface area contributed by atoms with Gasteiger partial charge in [-0.2, -0.15) is 0 Å². The molecule has 5 nitrogen and oxygen atoms in total. The summed E-state index contributed by atoms with van der Waals surface area (Å²) < 4.78 is 5.39. The largest absolute Gasteiger partial charge is 0.481 e. The molecule has 0 bridgehead atoms. The number of hydrogen-bond donors (Lipinski definition) is 1. The predicted octanol–water partition coefficient (Wildman–Crippen LogP) is 3.06. The lowest BCUT2D eigenvalue weighted by atomic mass is 9.97. The Kier molecular flexibility index (Phi) is 3.96. The number of furan rings is 1. The summed E-state index contributed by atoms with van der Waals surface area (Å²) in [6.45, 7) is 1.42. The van der Waals surface area contributed by atoms with Crippen LogP contribution in [0.2, 0.25) is 0 Å². The van der Waals surface area contributed by atoms with Crippen LogP contribution in [0.25, 0.3) is 11.3 Å². The lowest BCUT2D eigenvalue weighted by Crippen LogP contribution is -2.38. The molecule has 114 valence electrons. The van der Waals surface area contributed by atoms with E-state index in [1.165, 1.54) is 0 Å². The standard InChI is InChI=1S/C17H17NO4/c19-11-15-7-8-16(22-15)12-3-5-14(6-4-12)18-9-1-2-13(10-18)17(20)21/h3-8,11,13H,1-2,9-10H2,(H,20,21). The second-order valence-corrected chi connectivity index (χ2v) is 5.49. The van der Waals surface area contributed by atoms with Gasteiger partial charge in [-0.3, -0.25) is 9.59 Å². The number of hydrogen-bond acceptors (Lipinski definition) is 4. The third kappa shape index (κ3) is 2.88. The van der Waals surface area contributed by atoms with Gasteiger partial charge in [0.1, 0.15) is 5.76 Å². The Labute approximate surface area is 128 Å². The highest BCUT2D eigenvalue weighted by Gasteiger charge is 2.25. The van der Waals surface area contributed by atoms with Crippen LogP contribution in [0.4, 0.5) is 5.69 Å². The van der Waals surface area contributed by atoms with Crippen LogP contribution in [0, 0.1) is 5.92 Å². The number of carbonyl (C=O) groups is 2. The minimum absolute atomic E-state index is 0.298. The fraction of sp³-hybridized carbons (Fsp3) is 0.294.